The van der Waals surface area contributed by atoms with Crippen molar-refractivity contribution in [2.45, 2.75) is 59.0 Å². The van der Waals surface area contributed by atoms with E-state index in [0.29, 0.717) is 25.9 Å². The maximum absolute atomic E-state index is 10.9. The lowest BCUT2D eigenvalue weighted by Gasteiger charge is -2.24. The van der Waals surface area contributed by atoms with Crippen LogP contribution in [0.2, 0.25) is 0 Å². The Kier molecular flexibility index (Phi) is 15.4. The van der Waals surface area contributed by atoms with Gasteiger partial charge in [-0.15, -0.1) is 0 Å². The second kappa shape index (κ2) is 14.3. The molecule has 5 heteroatoms. The number of ether oxygens (including phenoxy) is 2. The van der Waals surface area contributed by atoms with Crippen molar-refractivity contribution in [2.24, 2.45) is 5.92 Å². The second-order valence-corrected chi connectivity index (χ2v) is 6.03. The fourth-order valence-electron chi connectivity index (χ4n) is 1.40. The number of hydrogen-bond donors (Lipinski definition) is 2. The van der Waals surface area contributed by atoms with Crippen LogP contribution in [0.4, 0.5) is 0 Å². The summed E-state index contributed by atoms with van der Waals surface area (Å²) >= 11 is 0. The summed E-state index contributed by atoms with van der Waals surface area (Å²) in [5, 5.41) is 11.3. The Bertz CT molecular complexity index is 242. The molecule has 0 fully saturated rings. The zero-order valence-electron chi connectivity index (χ0n) is 14.7. The standard InChI is InChI=1S/C10H21NO3.C6H14O/c1-10(2,6-7-12)14-8-4-5-9(13)11-3;1-6(2)4-5-7-3/h12H,4-8H2,1-3H3,(H,11,13);6H,4-5H2,1-3H3. The third-order valence-corrected chi connectivity index (χ3v) is 2.93. The predicted octanol–water partition coefficient (Wildman–Crippen LogP) is 2.37. The van der Waals surface area contributed by atoms with E-state index in [0.717, 1.165) is 12.5 Å². The van der Waals surface area contributed by atoms with E-state index in [1.54, 1.807) is 14.2 Å². The summed E-state index contributed by atoms with van der Waals surface area (Å²) in [5.74, 6) is 0.813. The van der Waals surface area contributed by atoms with Gasteiger partial charge in [0.25, 0.3) is 0 Å². The summed E-state index contributed by atoms with van der Waals surface area (Å²) in [6, 6.07) is 0. The van der Waals surface area contributed by atoms with Crippen molar-refractivity contribution in [3.05, 3.63) is 0 Å². The van der Waals surface area contributed by atoms with E-state index >= 15 is 0 Å². The van der Waals surface area contributed by atoms with E-state index in [1.165, 1.54) is 6.42 Å². The molecule has 0 unspecified atom stereocenters. The van der Waals surface area contributed by atoms with E-state index in [4.69, 9.17) is 14.6 Å². The zero-order chi connectivity index (χ0) is 16.7. The molecule has 0 rings (SSSR count). The van der Waals surface area contributed by atoms with Gasteiger partial charge in [0, 0.05) is 40.4 Å². The van der Waals surface area contributed by atoms with Gasteiger partial charge in [0.1, 0.15) is 0 Å². The van der Waals surface area contributed by atoms with Crippen LogP contribution in [-0.4, -0.2) is 50.6 Å². The van der Waals surface area contributed by atoms with E-state index in [-0.39, 0.29) is 18.1 Å². The highest BCUT2D eigenvalue weighted by Crippen LogP contribution is 2.14. The molecule has 0 saturated carbocycles. The van der Waals surface area contributed by atoms with Crippen LogP contribution in [0.5, 0.6) is 0 Å². The van der Waals surface area contributed by atoms with Crippen LogP contribution in [-0.2, 0) is 14.3 Å². The van der Waals surface area contributed by atoms with Crippen molar-refractivity contribution in [2.75, 3.05) is 34.0 Å². The smallest absolute Gasteiger partial charge is 0.219 e. The number of nitrogens with one attached hydrogen (secondary N) is 1. The number of amides is 1. The molecule has 0 radical (unpaired) electrons. The molecule has 0 saturated heterocycles. The quantitative estimate of drug-likeness (QED) is 0.608. The highest BCUT2D eigenvalue weighted by molar-refractivity contribution is 5.75. The van der Waals surface area contributed by atoms with Gasteiger partial charge in [0.05, 0.1) is 5.60 Å². The van der Waals surface area contributed by atoms with Crippen molar-refractivity contribution in [3.8, 4) is 0 Å². The highest BCUT2D eigenvalue weighted by Gasteiger charge is 2.16. The van der Waals surface area contributed by atoms with E-state index in [2.05, 4.69) is 19.2 Å². The van der Waals surface area contributed by atoms with Crippen LogP contribution in [0, 0.1) is 5.92 Å². The zero-order valence-corrected chi connectivity index (χ0v) is 14.7. The van der Waals surface area contributed by atoms with Gasteiger partial charge in [-0.1, -0.05) is 13.8 Å². The molecule has 128 valence electrons. The Morgan fingerprint density at radius 1 is 1.29 bits per heavy atom. The SMILES string of the molecule is CNC(=O)CCCOC(C)(C)CCO.COCCC(C)C. The van der Waals surface area contributed by atoms with E-state index < -0.39 is 0 Å². The minimum Gasteiger partial charge on any atom is -0.396 e. The summed E-state index contributed by atoms with van der Waals surface area (Å²) in [7, 11) is 3.36. The topological polar surface area (TPSA) is 67.8 Å². The molecule has 0 aromatic rings. The maximum atomic E-state index is 10.9. The summed E-state index contributed by atoms with van der Waals surface area (Å²) in [6.07, 6.45) is 3.00. The second-order valence-electron chi connectivity index (χ2n) is 6.03. The molecular weight excluding hydrogens is 270 g/mol. The lowest BCUT2D eigenvalue weighted by Crippen LogP contribution is -2.27. The fraction of sp³-hybridized carbons (Fsp3) is 0.938. The molecule has 0 heterocycles. The van der Waals surface area contributed by atoms with Crippen LogP contribution >= 0.6 is 0 Å². The number of aliphatic hydroxyl groups is 1. The van der Waals surface area contributed by atoms with Gasteiger partial charge < -0.3 is 19.9 Å². The van der Waals surface area contributed by atoms with Crippen LogP contribution < -0.4 is 5.32 Å². The van der Waals surface area contributed by atoms with Gasteiger partial charge in [-0.25, -0.2) is 0 Å². The summed E-state index contributed by atoms with van der Waals surface area (Å²) in [5.41, 5.74) is -0.294. The van der Waals surface area contributed by atoms with Gasteiger partial charge in [-0.3, -0.25) is 4.79 Å². The molecule has 5 nitrogen and oxygen atoms in total. The Morgan fingerprint density at radius 2 is 1.90 bits per heavy atom. The van der Waals surface area contributed by atoms with E-state index in [1.807, 2.05) is 13.8 Å². The van der Waals surface area contributed by atoms with Gasteiger partial charge in [0.15, 0.2) is 0 Å². The molecule has 0 spiro atoms. The Morgan fingerprint density at radius 3 is 2.29 bits per heavy atom. The lowest BCUT2D eigenvalue weighted by atomic mass is 10.1. The number of rotatable bonds is 10. The van der Waals surface area contributed by atoms with Gasteiger partial charge in [-0.05, 0) is 39.0 Å². The van der Waals surface area contributed by atoms with Crippen LogP contribution in [0.25, 0.3) is 0 Å². The van der Waals surface area contributed by atoms with Crippen LogP contribution in [0.3, 0.4) is 0 Å². The molecule has 1 amide bonds. The molecule has 0 bridgehead atoms. The first-order valence-corrected chi connectivity index (χ1v) is 7.73. The minimum atomic E-state index is -0.294. The van der Waals surface area contributed by atoms with Crippen molar-refractivity contribution in [1.82, 2.24) is 5.32 Å². The average Bonchev–Trinajstić information content (AvgIpc) is 2.41. The van der Waals surface area contributed by atoms with Crippen LogP contribution in [0.15, 0.2) is 0 Å². The Balaban J connectivity index is 0. The van der Waals surface area contributed by atoms with Gasteiger partial charge >= 0.3 is 0 Å². The lowest BCUT2D eigenvalue weighted by molar-refractivity contribution is -0.121. The molecule has 0 aromatic carbocycles. The van der Waals surface area contributed by atoms with Crippen molar-refractivity contribution in [3.63, 3.8) is 0 Å². The molecule has 0 aliphatic carbocycles. The van der Waals surface area contributed by atoms with Crippen molar-refractivity contribution < 1.29 is 19.4 Å². The van der Waals surface area contributed by atoms with E-state index in [9.17, 15) is 4.79 Å². The third-order valence-electron chi connectivity index (χ3n) is 2.93. The molecule has 0 aliphatic heterocycles. The molecule has 0 aliphatic rings. The normalized spacial score (nSPS) is 11.0. The molecule has 21 heavy (non-hydrogen) atoms. The largest absolute Gasteiger partial charge is 0.396 e. The van der Waals surface area contributed by atoms with Crippen molar-refractivity contribution in [1.29, 1.82) is 0 Å². The van der Waals surface area contributed by atoms with Crippen LogP contribution in [0.1, 0.15) is 53.4 Å². The fourth-order valence-corrected chi connectivity index (χ4v) is 1.40. The number of carbonyl (C=O) groups excluding carboxylic acids is 1. The van der Waals surface area contributed by atoms with Crippen molar-refractivity contribution >= 4 is 5.91 Å². The summed E-state index contributed by atoms with van der Waals surface area (Å²) in [6.45, 7) is 9.84. The molecular formula is C16H35NO4. The predicted molar refractivity (Wildman–Crippen MR) is 86.4 cm³/mol. The average molecular weight is 305 g/mol. The summed E-state index contributed by atoms with van der Waals surface area (Å²) in [4.78, 5) is 10.9. The third kappa shape index (κ3) is 19.4. The highest BCUT2D eigenvalue weighted by atomic mass is 16.5. The van der Waals surface area contributed by atoms with Gasteiger partial charge in [-0.2, -0.15) is 0 Å². The maximum Gasteiger partial charge on any atom is 0.219 e. The molecule has 0 aromatic heterocycles. The first kappa shape index (κ1) is 22.6. The Labute approximate surface area is 130 Å². The number of aliphatic hydroxyl groups excluding tert-OH is 1. The molecule has 0 atom stereocenters. The van der Waals surface area contributed by atoms with Gasteiger partial charge in [0.2, 0.25) is 5.91 Å². The summed E-state index contributed by atoms with van der Waals surface area (Å²) < 4.78 is 10.4. The number of methoxy groups -OCH3 is 1. The minimum absolute atomic E-state index is 0.0357. The monoisotopic (exact) mass is 305 g/mol. The number of hydrogen-bond acceptors (Lipinski definition) is 4. The number of carbonyl (C=O) groups is 1. The Hall–Kier alpha value is -0.650. The first-order chi connectivity index (χ1) is 9.79. The molecule has 2 N–H and O–H groups in total. The first-order valence-electron chi connectivity index (χ1n) is 7.73.